The Morgan fingerprint density at radius 1 is 1.03 bits per heavy atom. The van der Waals surface area contributed by atoms with Gasteiger partial charge in [0.15, 0.2) is 0 Å². The number of carboxylic acids is 2. The Morgan fingerprint density at radius 3 is 2.54 bits per heavy atom. The minimum atomic E-state index is -1.17. The van der Waals surface area contributed by atoms with Crippen molar-refractivity contribution in [3.05, 3.63) is 106 Å². The fraction of sp³-hybridized carbons (Fsp3) is 0.0769. The average molecular weight is 498 g/mol. The monoisotopic (exact) mass is 497 g/mol. The number of aliphatic carboxylic acids is 1. The van der Waals surface area contributed by atoms with Crippen LogP contribution in [0.15, 0.2) is 66.9 Å². The van der Waals surface area contributed by atoms with Gasteiger partial charge in [-0.2, -0.15) is 0 Å². The van der Waals surface area contributed by atoms with E-state index in [-0.39, 0.29) is 24.3 Å². The van der Waals surface area contributed by atoms with Gasteiger partial charge in [0.2, 0.25) is 0 Å². The van der Waals surface area contributed by atoms with Gasteiger partial charge in [-0.05, 0) is 48.5 Å². The molecule has 0 radical (unpaired) electrons. The first-order valence-corrected chi connectivity index (χ1v) is 10.7. The van der Waals surface area contributed by atoms with Crippen molar-refractivity contribution in [2.45, 2.75) is 13.2 Å². The summed E-state index contributed by atoms with van der Waals surface area (Å²) in [6.07, 6.45) is 3.91. The smallest absolute Gasteiger partial charge is 0.336 e. The van der Waals surface area contributed by atoms with Crippen LogP contribution in [-0.2, 0) is 17.9 Å². The first-order chi connectivity index (χ1) is 16.7. The molecule has 0 unspecified atom stereocenters. The van der Waals surface area contributed by atoms with Gasteiger partial charge in [-0.25, -0.2) is 18.4 Å². The van der Waals surface area contributed by atoms with Crippen molar-refractivity contribution < 1.29 is 33.3 Å². The summed E-state index contributed by atoms with van der Waals surface area (Å²) in [6.45, 7) is 0.0468. The Balaban J connectivity index is 1.73. The molecule has 2 N–H and O–H groups in total. The Kier molecular flexibility index (Phi) is 6.84. The molecule has 0 saturated heterocycles. The van der Waals surface area contributed by atoms with Crippen LogP contribution >= 0.6 is 11.6 Å². The number of hydrogen-bond acceptors (Lipinski definition) is 3. The van der Waals surface area contributed by atoms with Crippen LogP contribution in [0.5, 0.6) is 5.75 Å². The maximum atomic E-state index is 14.0. The molecule has 6 nitrogen and oxygen atoms in total. The van der Waals surface area contributed by atoms with Crippen molar-refractivity contribution in [1.82, 2.24) is 4.57 Å². The highest BCUT2D eigenvalue weighted by atomic mass is 35.5. The second kappa shape index (κ2) is 9.99. The molecule has 1 aromatic heterocycles. The predicted molar refractivity (Wildman–Crippen MR) is 127 cm³/mol. The summed E-state index contributed by atoms with van der Waals surface area (Å²) in [5.74, 6) is -3.33. The van der Waals surface area contributed by atoms with Crippen LogP contribution in [0, 0.1) is 11.6 Å². The topological polar surface area (TPSA) is 88.8 Å². The second-order valence-electron chi connectivity index (χ2n) is 7.67. The Hall–Kier alpha value is -4.17. The van der Waals surface area contributed by atoms with E-state index in [0.29, 0.717) is 32.8 Å². The van der Waals surface area contributed by atoms with Gasteiger partial charge in [-0.3, -0.25) is 0 Å². The standard InChI is InChI=1S/C26H18ClF2NO5/c27-18-6-8-23(35-14-16-4-7-19(28)11-21(16)29)17(10-18)13-30-12-15(5-9-24(31)32)25-20(26(33)34)2-1-3-22(25)30/h1-12H,13-14H2,(H,31,32)(H,33,34)/b9-5+. The highest BCUT2D eigenvalue weighted by molar-refractivity contribution is 6.30. The molecule has 0 spiro atoms. The summed E-state index contributed by atoms with van der Waals surface area (Å²) in [5, 5.41) is 19.5. The Labute approximate surface area is 203 Å². The van der Waals surface area contributed by atoms with Crippen molar-refractivity contribution in [3.8, 4) is 5.75 Å². The maximum absolute atomic E-state index is 14.0. The number of hydrogen-bond donors (Lipinski definition) is 2. The number of aromatic nitrogens is 1. The number of halogens is 3. The SMILES string of the molecule is O=C(O)/C=C/c1cn(Cc2cc(Cl)ccc2OCc2ccc(F)cc2F)c2cccc(C(=O)O)c12. The van der Waals surface area contributed by atoms with E-state index in [2.05, 4.69) is 0 Å². The van der Waals surface area contributed by atoms with Crippen LogP contribution in [-0.4, -0.2) is 26.7 Å². The highest BCUT2D eigenvalue weighted by Gasteiger charge is 2.17. The maximum Gasteiger partial charge on any atom is 0.336 e. The molecule has 0 fully saturated rings. The van der Waals surface area contributed by atoms with E-state index < -0.39 is 23.6 Å². The van der Waals surface area contributed by atoms with Gasteiger partial charge in [0.1, 0.15) is 24.0 Å². The lowest BCUT2D eigenvalue weighted by molar-refractivity contribution is -0.131. The molecule has 178 valence electrons. The fourth-order valence-corrected chi connectivity index (χ4v) is 3.97. The quantitative estimate of drug-likeness (QED) is 0.292. The number of aromatic carboxylic acids is 1. The lowest BCUT2D eigenvalue weighted by atomic mass is 10.1. The third-order valence-corrected chi connectivity index (χ3v) is 5.57. The van der Waals surface area contributed by atoms with Gasteiger partial charge >= 0.3 is 11.9 Å². The molecule has 4 aromatic rings. The number of benzene rings is 3. The lowest BCUT2D eigenvalue weighted by Gasteiger charge is -2.14. The van der Waals surface area contributed by atoms with E-state index in [0.717, 1.165) is 18.2 Å². The van der Waals surface area contributed by atoms with Crippen molar-refractivity contribution in [1.29, 1.82) is 0 Å². The Morgan fingerprint density at radius 2 is 1.83 bits per heavy atom. The van der Waals surface area contributed by atoms with Gasteiger partial charge in [0.05, 0.1) is 12.1 Å². The van der Waals surface area contributed by atoms with E-state index in [1.165, 1.54) is 18.2 Å². The molecule has 0 bridgehead atoms. The van der Waals surface area contributed by atoms with Crippen LogP contribution in [0.25, 0.3) is 17.0 Å². The van der Waals surface area contributed by atoms with E-state index in [9.17, 15) is 23.5 Å². The van der Waals surface area contributed by atoms with Crippen LogP contribution in [0.1, 0.15) is 27.0 Å². The van der Waals surface area contributed by atoms with Gasteiger partial charge in [0, 0.05) is 51.0 Å². The normalized spacial score (nSPS) is 11.3. The molecule has 0 amide bonds. The number of ether oxygens (including phenoxy) is 1. The average Bonchev–Trinajstić information content (AvgIpc) is 3.15. The molecule has 0 aliphatic carbocycles. The number of nitrogens with zero attached hydrogens (tertiary/aromatic N) is 1. The molecule has 1 heterocycles. The molecular weight excluding hydrogens is 480 g/mol. The van der Waals surface area contributed by atoms with Gasteiger partial charge < -0.3 is 19.5 Å². The molecule has 0 aliphatic rings. The molecule has 0 atom stereocenters. The molecule has 35 heavy (non-hydrogen) atoms. The molecular formula is C26H18ClF2NO5. The summed E-state index contributed by atoms with van der Waals surface area (Å²) in [5.41, 5.74) is 1.79. The summed E-state index contributed by atoms with van der Waals surface area (Å²) in [7, 11) is 0. The largest absolute Gasteiger partial charge is 0.488 e. The van der Waals surface area contributed by atoms with Crippen LogP contribution in [0.2, 0.25) is 5.02 Å². The second-order valence-corrected chi connectivity index (χ2v) is 8.10. The van der Waals surface area contributed by atoms with Crippen molar-refractivity contribution in [3.63, 3.8) is 0 Å². The van der Waals surface area contributed by atoms with Gasteiger partial charge in [-0.1, -0.05) is 17.7 Å². The number of carboxylic acid groups (broad SMARTS) is 2. The van der Waals surface area contributed by atoms with E-state index in [1.807, 2.05) is 0 Å². The molecule has 3 aromatic carbocycles. The predicted octanol–water partition coefficient (Wildman–Crippen LogP) is 6.00. The van der Waals surface area contributed by atoms with Crippen LogP contribution in [0.4, 0.5) is 8.78 Å². The van der Waals surface area contributed by atoms with Gasteiger partial charge in [-0.15, -0.1) is 0 Å². The number of rotatable bonds is 8. The minimum Gasteiger partial charge on any atom is -0.488 e. The van der Waals surface area contributed by atoms with E-state index in [4.69, 9.17) is 21.4 Å². The van der Waals surface area contributed by atoms with Crippen LogP contribution < -0.4 is 4.74 Å². The van der Waals surface area contributed by atoms with Crippen molar-refractivity contribution in [2.24, 2.45) is 0 Å². The van der Waals surface area contributed by atoms with Crippen molar-refractivity contribution in [2.75, 3.05) is 0 Å². The summed E-state index contributed by atoms with van der Waals surface area (Å²) >= 11 is 6.20. The highest BCUT2D eigenvalue weighted by Crippen LogP contribution is 2.30. The van der Waals surface area contributed by atoms with Gasteiger partial charge in [0.25, 0.3) is 0 Å². The third-order valence-electron chi connectivity index (χ3n) is 5.33. The zero-order valence-electron chi connectivity index (χ0n) is 18.0. The Bertz CT molecular complexity index is 1480. The first kappa shape index (κ1) is 24.0. The fourth-order valence-electron chi connectivity index (χ4n) is 3.77. The minimum absolute atomic E-state index is 0.0284. The summed E-state index contributed by atoms with van der Waals surface area (Å²) < 4.78 is 34.8. The first-order valence-electron chi connectivity index (χ1n) is 10.3. The van der Waals surface area contributed by atoms with Crippen LogP contribution in [0.3, 0.4) is 0 Å². The van der Waals surface area contributed by atoms with E-state index in [1.54, 1.807) is 41.1 Å². The van der Waals surface area contributed by atoms with E-state index >= 15 is 0 Å². The van der Waals surface area contributed by atoms with Crippen molar-refractivity contribution >= 4 is 40.5 Å². The zero-order chi connectivity index (χ0) is 25.1. The number of carbonyl (C=O) groups is 2. The zero-order valence-corrected chi connectivity index (χ0v) is 18.8. The molecule has 9 heteroatoms. The summed E-state index contributed by atoms with van der Waals surface area (Å²) in [4.78, 5) is 22.8. The molecule has 4 rings (SSSR count). The third kappa shape index (κ3) is 5.33. The lowest BCUT2D eigenvalue weighted by Crippen LogP contribution is -2.04. The molecule has 0 saturated carbocycles. The molecule has 0 aliphatic heterocycles. The number of fused-ring (bicyclic) bond motifs is 1. The summed E-state index contributed by atoms with van der Waals surface area (Å²) in [6, 6.07) is 12.9.